The van der Waals surface area contributed by atoms with E-state index >= 15 is 0 Å². The highest BCUT2D eigenvalue weighted by molar-refractivity contribution is 6.60. The summed E-state index contributed by atoms with van der Waals surface area (Å²) in [6.07, 6.45) is 7.49. The number of hydrogen-bond acceptors (Lipinski definition) is 2. The molecule has 0 aromatic heterocycles. The minimum atomic E-state index is -0.853. The zero-order valence-electron chi connectivity index (χ0n) is 7.71. The van der Waals surface area contributed by atoms with Gasteiger partial charge in [0.25, 0.3) is 0 Å². The summed E-state index contributed by atoms with van der Waals surface area (Å²) in [5.41, 5.74) is 0.779. The van der Waals surface area contributed by atoms with Crippen LogP contribution in [0.2, 0.25) is 0 Å². The summed E-state index contributed by atoms with van der Waals surface area (Å²) in [5.74, 6) is 0. The Balaban J connectivity index is 1.99. The summed E-state index contributed by atoms with van der Waals surface area (Å²) >= 11 is 0. The molecule has 2 nitrogen and oxygen atoms in total. The highest BCUT2D eigenvalue weighted by atomic mass is 16.5. The molecule has 1 N–H and O–H groups in total. The number of allylic oxidation sites excluding steroid dienone is 2. The van der Waals surface area contributed by atoms with Crippen LogP contribution in [0, 0.1) is 0 Å². The van der Waals surface area contributed by atoms with Crippen LogP contribution in [0.1, 0.15) is 0 Å². The van der Waals surface area contributed by atoms with Crippen LogP contribution in [0.15, 0.2) is 54.6 Å². The molecule has 70 valence electrons. The number of benzene rings is 1. The highest BCUT2D eigenvalue weighted by Gasteiger charge is 2.19. The van der Waals surface area contributed by atoms with Crippen LogP contribution in [0.5, 0.6) is 0 Å². The molecule has 2 rings (SSSR count). The van der Waals surface area contributed by atoms with Crippen molar-refractivity contribution in [2.45, 2.75) is 6.10 Å². The van der Waals surface area contributed by atoms with Gasteiger partial charge in [-0.15, -0.1) is 0 Å². The fourth-order valence-electron chi connectivity index (χ4n) is 1.35. The maximum atomic E-state index is 9.69. The van der Waals surface area contributed by atoms with E-state index in [-0.39, 0.29) is 6.10 Å². The molecule has 14 heavy (non-hydrogen) atoms. The Morgan fingerprint density at radius 2 is 1.71 bits per heavy atom. The van der Waals surface area contributed by atoms with E-state index in [1.54, 1.807) is 0 Å². The lowest BCUT2D eigenvalue weighted by Gasteiger charge is -2.11. The molecule has 3 heteroatoms. The lowest BCUT2D eigenvalue weighted by Crippen LogP contribution is -2.35. The summed E-state index contributed by atoms with van der Waals surface area (Å²) in [4.78, 5) is 0. The summed E-state index contributed by atoms with van der Waals surface area (Å²) in [6.45, 7) is 0. The first-order valence-corrected chi connectivity index (χ1v) is 4.60. The van der Waals surface area contributed by atoms with Gasteiger partial charge in [-0.3, -0.25) is 0 Å². The monoisotopic (exact) mass is 186 g/mol. The first-order chi connectivity index (χ1) is 6.86. The molecule has 1 aromatic rings. The van der Waals surface area contributed by atoms with Crippen LogP contribution in [0.3, 0.4) is 0 Å². The predicted molar refractivity (Wildman–Crippen MR) is 57.2 cm³/mol. The van der Waals surface area contributed by atoms with Gasteiger partial charge in [-0.1, -0.05) is 54.6 Å². The third-order valence-electron chi connectivity index (χ3n) is 2.08. The zero-order valence-corrected chi connectivity index (χ0v) is 7.71. The van der Waals surface area contributed by atoms with Gasteiger partial charge < -0.3 is 9.68 Å². The SMILES string of the molecule is OB(OC1C=CC=C1)c1ccccc1. The smallest absolute Gasteiger partial charge is 0.423 e. The maximum absolute atomic E-state index is 9.69. The van der Waals surface area contributed by atoms with Crippen LogP contribution in [0.25, 0.3) is 0 Å². The van der Waals surface area contributed by atoms with E-state index < -0.39 is 7.12 Å². The molecule has 0 aliphatic heterocycles. The Kier molecular flexibility index (Phi) is 2.82. The van der Waals surface area contributed by atoms with Crippen molar-refractivity contribution in [3.8, 4) is 0 Å². The summed E-state index contributed by atoms with van der Waals surface area (Å²) < 4.78 is 5.38. The Bertz CT molecular complexity index is 334. The average molecular weight is 186 g/mol. The fraction of sp³-hybridized carbons (Fsp3) is 0.0909. The van der Waals surface area contributed by atoms with Gasteiger partial charge in [0, 0.05) is 0 Å². The lowest BCUT2D eigenvalue weighted by atomic mass is 9.79. The third-order valence-corrected chi connectivity index (χ3v) is 2.08. The van der Waals surface area contributed by atoms with Gasteiger partial charge in [-0.2, -0.15) is 0 Å². The van der Waals surface area contributed by atoms with Gasteiger partial charge in [0.15, 0.2) is 0 Å². The second kappa shape index (κ2) is 4.27. The molecule has 0 fully saturated rings. The molecular formula is C11H11BO2. The Morgan fingerprint density at radius 3 is 2.36 bits per heavy atom. The Hall–Kier alpha value is -1.32. The predicted octanol–water partition coefficient (Wildman–Crippen LogP) is 0.885. The molecule has 0 spiro atoms. The minimum absolute atomic E-state index is 0.106. The van der Waals surface area contributed by atoms with E-state index in [4.69, 9.17) is 4.65 Å². The van der Waals surface area contributed by atoms with Crippen molar-refractivity contribution in [1.29, 1.82) is 0 Å². The average Bonchev–Trinajstić information content (AvgIpc) is 2.72. The topological polar surface area (TPSA) is 29.5 Å². The minimum Gasteiger partial charge on any atom is -0.423 e. The molecule has 0 saturated carbocycles. The van der Waals surface area contributed by atoms with Crippen molar-refractivity contribution in [3.63, 3.8) is 0 Å². The maximum Gasteiger partial charge on any atom is 0.491 e. The summed E-state index contributed by atoms with van der Waals surface area (Å²) in [7, 11) is -0.853. The van der Waals surface area contributed by atoms with E-state index in [9.17, 15) is 5.02 Å². The number of rotatable bonds is 3. The lowest BCUT2D eigenvalue weighted by molar-refractivity contribution is 0.253. The molecule has 0 saturated heterocycles. The van der Waals surface area contributed by atoms with Gasteiger partial charge >= 0.3 is 7.12 Å². The van der Waals surface area contributed by atoms with Gasteiger partial charge in [-0.05, 0) is 5.46 Å². The molecular weight excluding hydrogens is 175 g/mol. The highest BCUT2D eigenvalue weighted by Crippen LogP contribution is 2.05. The quantitative estimate of drug-likeness (QED) is 0.710. The van der Waals surface area contributed by atoms with Gasteiger partial charge in [0.2, 0.25) is 0 Å². The first-order valence-electron chi connectivity index (χ1n) is 4.60. The van der Waals surface area contributed by atoms with Gasteiger partial charge in [-0.25, -0.2) is 0 Å². The second-order valence-electron chi connectivity index (χ2n) is 3.13. The summed E-state index contributed by atoms with van der Waals surface area (Å²) in [5, 5.41) is 9.69. The van der Waals surface area contributed by atoms with Crippen LogP contribution >= 0.6 is 0 Å². The van der Waals surface area contributed by atoms with E-state index in [2.05, 4.69) is 0 Å². The van der Waals surface area contributed by atoms with E-state index in [0.717, 1.165) is 5.46 Å². The van der Waals surface area contributed by atoms with Crippen LogP contribution in [-0.4, -0.2) is 18.2 Å². The molecule has 0 unspecified atom stereocenters. The largest absolute Gasteiger partial charge is 0.491 e. The third kappa shape index (κ3) is 2.13. The van der Waals surface area contributed by atoms with Crippen molar-refractivity contribution < 1.29 is 9.68 Å². The van der Waals surface area contributed by atoms with Gasteiger partial charge in [0.05, 0.1) is 6.10 Å². The molecule has 0 radical (unpaired) electrons. The second-order valence-corrected chi connectivity index (χ2v) is 3.13. The Labute approximate surface area is 83.7 Å². The molecule has 0 amide bonds. The van der Waals surface area contributed by atoms with Crippen LogP contribution < -0.4 is 5.46 Å². The van der Waals surface area contributed by atoms with E-state index in [0.29, 0.717) is 0 Å². The van der Waals surface area contributed by atoms with E-state index in [1.807, 2.05) is 54.6 Å². The van der Waals surface area contributed by atoms with Crippen molar-refractivity contribution in [3.05, 3.63) is 54.6 Å². The van der Waals surface area contributed by atoms with Crippen molar-refractivity contribution in [2.24, 2.45) is 0 Å². The standard InChI is InChI=1S/C11H11BO2/c13-12(10-6-2-1-3-7-10)14-11-8-4-5-9-11/h1-9,11,13H. The van der Waals surface area contributed by atoms with Crippen molar-refractivity contribution >= 4 is 12.6 Å². The first kappa shape index (κ1) is 9.25. The van der Waals surface area contributed by atoms with Gasteiger partial charge in [0.1, 0.15) is 0 Å². The zero-order chi connectivity index (χ0) is 9.80. The number of hydrogen-bond donors (Lipinski definition) is 1. The van der Waals surface area contributed by atoms with E-state index in [1.165, 1.54) is 0 Å². The normalized spacial score (nSPS) is 14.9. The Morgan fingerprint density at radius 1 is 1.07 bits per heavy atom. The van der Waals surface area contributed by atoms with Crippen molar-refractivity contribution in [1.82, 2.24) is 0 Å². The summed E-state index contributed by atoms with van der Waals surface area (Å²) in [6, 6.07) is 9.34. The van der Waals surface area contributed by atoms with Crippen LogP contribution in [-0.2, 0) is 4.65 Å². The molecule has 0 bridgehead atoms. The molecule has 1 aliphatic rings. The fourth-order valence-corrected chi connectivity index (χ4v) is 1.35. The molecule has 0 heterocycles. The van der Waals surface area contributed by atoms with Crippen molar-refractivity contribution in [2.75, 3.05) is 0 Å². The molecule has 0 atom stereocenters. The molecule has 1 aliphatic carbocycles. The van der Waals surface area contributed by atoms with Crippen LogP contribution in [0.4, 0.5) is 0 Å². The molecule has 1 aromatic carbocycles.